The Hall–Kier alpha value is -3.35. The van der Waals surface area contributed by atoms with Crippen LogP contribution in [-0.4, -0.2) is 30.6 Å². The topological polar surface area (TPSA) is 111 Å². The first kappa shape index (κ1) is 20.0. The Balaban J connectivity index is 1.88. The van der Waals surface area contributed by atoms with E-state index in [2.05, 4.69) is 10.6 Å². The van der Waals surface area contributed by atoms with Crippen molar-refractivity contribution in [2.45, 2.75) is 25.4 Å². The van der Waals surface area contributed by atoms with Crippen molar-refractivity contribution in [3.8, 4) is 0 Å². The molecule has 0 aliphatic rings. The van der Waals surface area contributed by atoms with E-state index in [1.165, 1.54) is 0 Å². The molecule has 0 unspecified atom stereocenters. The second-order valence-corrected chi connectivity index (χ2v) is 6.06. The van der Waals surface area contributed by atoms with Crippen molar-refractivity contribution in [2.24, 2.45) is 5.73 Å². The summed E-state index contributed by atoms with van der Waals surface area (Å²) >= 11 is 0. The van der Waals surface area contributed by atoms with Gasteiger partial charge in [0.1, 0.15) is 6.04 Å². The highest BCUT2D eigenvalue weighted by atomic mass is 16.5. The van der Waals surface area contributed by atoms with Crippen molar-refractivity contribution in [1.82, 2.24) is 10.6 Å². The molecular formula is C20H23N3O4. The Kier molecular flexibility index (Phi) is 7.37. The van der Waals surface area contributed by atoms with Gasteiger partial charge in [0, 0.05) is 6.42 Å². The summed E-state index contributed by atoms with van der Waals surface area (Å²) in [6.07, 6.45) is 0.213. The van der Waals surface area contributed by atoms with E-state index in [0.29, 0.717) is 0 Å². The first-order valence-corrected chi connectivity index (χ1v) is 8.56. The van der Waals surface area contributed by atoms with Crippen LogP contribution >= 0.6 is 0 Å². The Morgan fingerprint density at radius 1 is 0.963 bits per heavy atom. The number of nitrogens with one attached hydrogen (secondary N) is 2. The second-order valence-electron chi connectivity index (χ2n) is 6.06. The van der Waals surface area contributed by atoms with Gasteiger partial charge in [-0.15, -0.1) is 0 Å². The van der Waals surface area contributed by atoms with Crippen LogP contribution in [0.5, 0.6) is 0 Å². The predicted octanol–water partition coefficient (Wildman–Crippen LogP) is 1.69. The minimum atomic E-state index is -0.968. The molecule has 7 heteroatoms. The minimum absolute atomic E-state index is 0.213. The third-order valence-corrected chi connectivity index (χ3v) is 3.91. The molecule has 0 saturated heterocycles. The molecule has 2 aromatic carbocycles. The molecule has 2 atom stereocenters. The average molecular weight is 369 g/mol. The van der Waals surface area contributed by atoms with Gasteiger partial charge >= 0.3 is 12.0 Å². The summed E-state index contributed by atoms with van der Waals surface area (Å²) in [6, 6.07) is 16.5. The van der Waals surface area contributed by atoms with Crippen molar-refractivity contribution < 1.29 is 19.1 Å². The van der Waals surface area contributed by atoms with E-state index in [9.17, 15) is 14.4 Å². The van der Waals surface area contributed by atoms with Gasteiger partial charge in [-0.2, -0.15) is 0 Å². The Bertz CT molecular complexity index is 765. The normalized spacial score (nSPS) is 12.5. The number of amides is 3. The first-order chi connectivity index (χ1) is 13.0. The summed E-state index contributed by atoms with van der Waals surface area (Å²) in [6.45, 7) is 1.39. The Morgan fingerprint density at radius 3 is 2.15 bits per heavy atom. The lowest BCUT2D eigenvalue weighted by molar-refractivity contribution is -0.150. The van der Waals surface area contributed by atoms with E-state index in [-0.39, 0.29) is 12.5 Å². The quantitative estimate of drug-likeness (QED) is 0.615. The van der Waals surface area contributed by atoms with Crippen molar-refractivity contribution in [2.75, 3.05) is 6.61 Å². The van der Waals surface area contributed by atoms with Crippen molar-refractivity contribution in [3.63, 3.8) is 0 Å². The zero-order chi connectivity index (χ0) is 19.6. The number of benzene rings is 2. The third-order valence-electron chi connectivity index (χ3n) is 3.91. The Morgan fingerprint density at radius 2 is 1.56 bits per heavy atom. The molecule has 142 valence electrons. The highest BCUT2D eigenvalue weighted by Crippen LogP contribution is 2.11. The van der Waals surface area contributed by atoms with Crippen LogP contribution in [0.2, 0.25) is 0 Å². The Labute approximate surface area is 157 Å². The minimum Gasteiger partial charge on any atom is -0.454 e. The third kappa shape index (κ3) is 6.81. The summed E-state index contributed by atoms with van der Waals surface area (Å²) in [5.74, 6) is -1.16. The van der Waals surface area contributed by atoms with Gasteiger partial charge in [-0.1, -0.05) is 60.7 Å². The van der Waals surface area contributed by atoms with E-state index in [1.54, 1.807) is 0 Å². The van der Waals surface area contributed by atoms with Crippen LogP contribution < -0.4 is 16.4 Å². The monoisotopic (exact) mass is 369 g/mol. The fourth-order valence-corrected chi connectivity index (χ4v) is 2.56. The number of carbonyl (C=O) groups is 3. The maximum atomic E-state index is 12.3. The van der Waals surface area contributed by atoms with Crippen LogP contribution in [0.1, 0.15) is 24.1 Å². The number of hydrogen-bond donors (Lipinski definition) is 3. The molecule has 2 rings (SSSR count). The fourth-order valence-electron chi connectivity index (χ4n) is 2.56. The zero-order valence-electron chi connectivity index (χ0n) is 15.1. The van der Waals surface area contributed by atoms with Crippen molar-refractivity contribution in [3.05, 3.63) is 71.8 Å². The SMILES string of the molecule is C[C@H](NC(=O)COC(=O)[C@H](Cc1ccccc1)NC(N)=O)c1ccccc1. The van der Waals surface area contributed by atoms with Gasteiger partial charge in [-0.05, 0) is 18.1 Å². The van der Waals surface area contributed by atoms with Gasteiger partial charge in [-0.25, -0.2) is 9.59 Å². The fraction of sp³-hybridized carbons (Fsp3) is 0.250. The van der Waals surface area contributed by atoms with Crippen LogP contribution in [-0.2, 0) is 20.7 Å². The van der Waals surface area contributed by atoms with Gasteiger partial charge in [-0.3, -0.25) is 4.79 Å². The van der Waals surface area contributed by atoms with E-state index in [4.69, 9.17) is 10.5 Å². The summed E-state index contributed by atoms with van der Waals surface area (Å²) in [4.78, 5) is 35.5. The predicted molar refractivity (Wildman–Crippen MR) is 101 cm³/mol. The average Bonchev–Trinajstić information content (AvgIpc) is 2.66. The van der Waals surface area contributed by atoms with Crippen LogP contribution in [0, 0.1) is 0 Å². The van der Waals surface area contributed by atoms with Crippen molar-refractivity contribution in [1.29, 1.82) is 0 Å². The number of ether oxygens (including phenoxy) is 1. The van der Waals surface area contributed by atoms with E-state index in [1.807, 2.05) is 67.6 Å². The smallest absolute Gasteiger partial charge is 0.329 e. The standard InChI is InChI=1S/C20H23N3O4/c1-14(16-10-6-3-7-11-16)22-18(24)13-27-19(25)17(23-20(21)26)12-15-8-4-2-5-9-15/h2-11,14,17H,12-13H2,1H3,(H,22,24)(H3,21,23,26)/t14-,17-/m0/s1. The van der Waals surface area contributed by atoms with Crippen LogP contribution in [0.15, 0.2) is 60.7 Å². The summed E-state index contributed by atoms with van der Waals surface area (Å²) in [5, 5.41) is 5.10. The van der Waals surface area contributed by atoms with Gasteiger partial charge in [0.15, 0.2) is 6.61 Å². The molecule has 27 heavy (non-hydrogen) atoms. The molecule has 0 heterocycles. The summed E-state index contributed by atoms with van der Waals surface area (Å²) in [7, 11) is 0. The van der Waals surface area contributed by atoms with Crippen LogP contribution in [0.4, 0.5) is 4.79 Å². The van der Waals surface area contributed by atoms with E-state index >= 15 is 0 Å². The highest BCUT2D eigenvalue weighted by molar-refractivity contribution is 5.85. The number of carbonyl (C=O) groups excluding carboxylic acids is 3. The van der Waals surface area contributed by atoms with E-state index < -0.39 is 30.6 Å². The molecular weight excluding hydrogens is 346 g/mol. The van der Waals surface area contributed by atoms with Crippen molar-refractivity contribution >= 4 is 17.9 Å². The highest BCUT2D eigenvalue weighted by Gasteiger charge is 2.23. The molecule has 0 aliphatic carbocycles. The molecule has 0 radical (unpaired) electrons. The summed E-state index contributed by atoms with van der Waals surface area (Å²) in [5.41, 5.74) is 6.90. The molecule has 4 N–H and O–H groups in total. The number of urea groups is 1. The zero-order valence-corrected chi connectivity index (χ0v) is 15.1. The van der Waals surface area contributed by atoms with Crippen LogP contribution in [0.3, 0.4) is 0 Å². The van der Waals surface area contributed by atoms with Gasteiger partial charge in [0.25, 0.3) is 5.91 Å². The number of hydrogen-bond acceptors (Lipinski definition) is 4. The molecule has 7 nitrogen and oxygen atoms in total. The number of rotatable bonds is 8. The molecule has 0 aromatic heterocycles. The molecule has 0 aliphatic heterocycles. The van der Waals surface area contributed by atoms with Crippen LogP contribution in [0.25, 0.3) is 0 Å². The lowest BCUT2D eigenvalue weighted by atomic mass is 10.1. The van der Waals surface area contributed by atoms with Gasteiger partial charge < -0.3 is 21.1 Å². The largest absolute Gasteiger partial charge is 0.454 e. The first-order valence-electron chi connectivity index (χ1n) is 8.56. The van der Waals surface area contributed by atoms with E-state index in [0.717, 1.165) is 11.1 Å². The molecule has 2 aromatic rings. The molecule has 0 saturated carbocycles. The number of esters is 1. The second kappa shape index (κ2) is 9.96. The van der Waals surface area contributed by atoms with Gasteiger partial charge in [0.05, 0.1) is 6.04 Å². The maximum absolute atomic E-state index is 12.3. The molecule has 0 fully saturated rings. The van der Waals surface area contributed by atoms with Gasteiger partial charge in [0.2, 0.25) is 0 Å². The number of nitrogens with two attached hydrogens (primary N) is 1. The lowest BCUT2D eigenvalue weighted by Crippen LogP contribution is -2.46. The molecule has 0 bridgehead atoms. The number of primary amides is 1. The molecule has 0 spiro atoms. The maximum Gasteiger partial charge on any atom is 0.329 e. The summed E-state index contributed by atoms with van der Waals surface area (Å²) < 4.78 is 5.05. The lowest BCUT2D eigenvalue weighted by Gasteiger charge is -2.18. The molecule has 3 amide bonds.